The maximum absolute atomic E-state index is 12.6. The van der Waals surface area contributed by atoms with Crippen molar-refractivity contribution in [2.24, 2.45) is 0 Å². The highest BCUT2D eigenvalue weighted by Gasteiger charge is 2.18. The Morgan fingerprint density at radius 1 is 1.15 bits per heavy atom. The summed E-state index contributed by atoms with van der Waals surface area (Å²) in [6.45, 7) is 0. The molecule has 4 aromatic rings. The zero-order chi connectivity index (χ0) is 19.0. The van der Waals surface area contributed by atoms with Crippen molar-refractivity contribution >= 4 is 35.0 Å². The van der Waals surface area contributed by atoms with E-state index >= 15 is 0 Å². The van der Waals surface area contributed by atoms with E-state index in [1.54, 1.807) is 36.4 Å². The molecule has 0 aliphatic rings. The molecule has 0 saturated carbocycles. The van der Waals surface area contributed by atoms with Gasteiger partial charge in [-0.3, -0.25) is 4.79 Å². The van der Waals surface area contributed by atoms with Crippen LogP contribution in [-0.2, 0) is 4.79 Å². The highest BCUT2D eigenvalue weighted by atomic mass is 35.5. The number of para-hydroxylation sites is 1. The van der Waals surface area contributed by atoms with E-state index in [0.29, 0.717) is 22.7 Å². The lowest BCUT2D eigenvalue weighted by atomic mass is 10.2. The number of hydrogen-bond acceptors (Lipinski definition) is 5. The number of amides is 1. The van der Waals surface area contributed by atoms with Crippen LogP contribution in [-0.4, -0.2) is 31.0 Å². The van der Waals surface area contributed by atoms with Gasteiger partial charge in [0.15, 0.2) is 17.3 Å². The van der Waals surface area contributed by atoms with Gasteiger partial charge in [0, 0.05) is 5.56 Å². The number of phenols is 1. The van der Waals surface area contributed by atoms with Gasteiger partial charge in [-0.15, -0.1) is 0 Å². The number of halogens is 1. The molecule has 0 saturated heterocycles. The van der Waals surface area contributed by atoms with Gasteiger partial charge >= 0.3 is 5.69 Å². The smallest absolute Gasteiger partial charge is 0.332 e. The molecule has 3 N–H and O–H groups in total. The maximum atomic E-state index is 12.6. The SMILES string of the molecule is O=CNc1nc(-c2cccc(O)c2)nc2c1[nH]c(=O)n2-c1ccccc1Cl. The maximum Gasteiger partial charge on any atom is 0.332 e. The van der Waals surface area contributed by atoms with E-state index < -0.39 is 5.69 Å². The summed E-state index contributed by atoms with van der Waals surface area (Å²) in [7, 11) is 0. The number of fused-ring (bicyclic) bond motifs is 1. The fourth-order valence-electron chi connectivity index (χ4n) is 2.78. The van der Waals surface area contributed by atoms with Gasteiger partial charge in [-0.2, -0.15) is 0 Å². The molecule has 0 fully saturated rings. The summed E-state index contributed by atoms with van der Waals surface area (Å²) in [4.78, 5) is 35.0. The Labute approximate surface area is 157 Å². The third kappa shape index (κ3) is 2.91. The lowest BCUT2D eigenvalue weighted by Crippen LogP contribution is -2.15. The zero-order valence-electron chi connectivity index (χ0n) is 13.7. The minimum Gasteiger partial charge on any atom is -0.508 e. The molecule has 2 heterocycles. The predicted octanol–water partition coefficient (Wildman–Crippen LogP) is 2.70. The van der Waals surface area contributed by atoms with Gasteiger partial charge < -0.3 is 15.4 Å². The number of hydrogen-bond donors (Lipinski definition) is 3. The largest absolute Gasteiger partial charge is 0.508 e. The molecule has 2 aromatic carbocycles. The Bertz CT molecular complexity index is 1230. The van der Waals surface area contributed by atoms with Crippen LogP contribution in [0.5, 0.6) is 5.75 Å². The van der Waals surface area contributed by atoms with Crippen molar-refractivity contribution in [2.75, 3.05) is 5.32 Å². The first-order chi connectivity index (χ1) is 13.1. The van der Waals surface area contributed by atoms with Crippen LogP contribution in [0.15, 0.2) is 53.3 Å². The van der Waals surface area contributed by atoms with Crippen molar-refractivity contribution in [2.45, 2.75) is 0 Å². The van der Waals surface area contributed by atoms with Crippen LogP contribution in [0, 0.1) is 0 Å². The molecule has 0 atom stereocenters. The average Bonchev–Trinajstić information content (AvgIpc) is 2.98. The quantitative estimate of drug-likeness (QED) is 0.470. The minimum atomic E-state index is -0.477. The third-order valence-corrected chi connectivity index (χ3v) is 4.25. The monoisotopic (exact) mass is 381 g/mol. The summed E-state index contributed by atoms with van der Waals surface area (Å²) in [5.74, 6) is 0.400. The van der Waals surface area contributed by atoms with Gasteiger partial charge in [0.2, 0.25) is 6.41 Å². The number of aromatic hydroxyl groups is 1. The number of nitrogens with one attached hydrogen (secondary N) is 2. The number of imidazole rings is 1. The first kappa shape index (κ1) is 16.8. The number of rotatable bonds is 4. The molecule has 134 valence electrons. The highest BCUT2D eigenvalue weighted by Crippen LogP contribution is 2.27. The van der Waals surface area contributed by atoms with Gasteiger partial charge in [0.05, 0.1) is 10.7 Å². The summed E-state index contributed by atoms with van der Waals surface area (Å²) in [6, 6.07) is 13.2. The number of carbonyl (C=O) groups excluding carboxylic acids is 1. The first-order valence-corrected chi connectivity index (χ1v) is 8.23. The van der Waals surface area contributed by atoms with Gasteiger partial charge in [0.25, 0.3) is 0 Å². The number of aromatic nitrogens is 4. The molecule has 0 radical (unpaired) electrons. The van der Waals surface area contributed by atoms with E-state index in [0.717, 1.165) is 0 Å². The summed E-state index contributed by atoms with van der Waals surface area (Å²) in [6.07, 6.45) is 0.458. The standard InChI is InChI=1S/C18H12ClN5O3/c19-12-6-1-2-7-13(12)24-17-14(21-18(24)27)16(20-9-25)22-15(23-17)10-4-3-5-11(26)8-10/h1-9,26H,(H,21,27)(H,20,22,23,25). The van der Waals surface area contributed by atoms with Crippen molar-refractivity contribution in [3.05, 3.63) is 64.0 Å². The van der Waals surface area contributed by atoms with Gasteiger partial charge in [-0.05, 0) is 24.3 Å². The lowest BCUT2D eigenvalue weighted by molar-refractivity contribution is -0.105. The van der Waals surface area contributed by atoms with E-state index in [1.807, 2.05) is 0 Å². The van der Waals surface area contributed by atoms with Crippen molar-refractivity contribution < 1.29 is 9.90 Å². The van der Waals surface area contributed by atoms with E-state index in [1.165, 1.54) is 16.7 Å². The van der Waals surface area contributed by atoms with Gasteiger partial charge in [0.1, 0.15) is 11.3 Å². The van der Waals surface area contributed by atoms with Crippen LogP contribution >= 0.6 is 11.6 Å². The number of aromatic amines is 1. The number of carbonyl (C=O) groups is 1. The van der Waals surface area contributed by atoms with Crippen LogP contribution in [0.4, 0.5) is 5.82 Å². The summed E-state index contributed by atoms with van der Waals surface area (Å²) >= 11 is 6.24. The topological polar surface area (TPSA) is 113 Å². The van der Waals surface area contributed by atoms with Crippen LogP contribution in [0.2, 0.25) is 5.02 Å². The second-order valence-corrected chi connectivity index (χ2v) is 6.03. The molecule has 0 aliphatic heterocycles. The fraction of sp³-hybridized carbons (Fsp3) is 0. The number of phenolic OH excluding ortho intramolecular Hbond substituents is 1. The summed E-state index contributed by atoms with van der Waals surface area (Å²) in [5, 5.41) is 12.6. The fourth-order valence-corrected chi connectivity index (χ4v) is 3.00. The molecular formula is C18H12ClN5O3. The minimum absolute atomic E-state index is 0.0404. The molecule has 4 rings (SSSR count). The van der Waals surface area contributed by atoms with E-state index in [4.69, 9.17) is 11.6 Å². The Kier molecular flexibility index (Phi) is 4.09. The molecule has 0 unspecified atom stereocenters. The number of nitrogens with zero attached hydrogens (tertiary/aromatic N) is 3. The third-order valence-electron chi connectivity index (χ3n) is 3.93. The van der Waals surface area contributed by atoms with Crippen LogP contribution < -0.4 is 11.0 Å². The molecule has 0 bridgehead atoms. The first-order valence-electron chi connectivity index (χ1n) is 7.86. The van der Waals surface area contributed by atoms with Crippen molar-refractivity contribution in [1.82, 2.24) is 19.5 Å². The van der Waals surface area contributed by atoms with Crippen molar-refractivity contribution in [3.63, 3.8) is 0 Å². The number of benzene rings is 2. The highest BCUT2D eigenvalue weighted by molar-refractivity contribution is 6.32. The molecule has 9 heteroatoms. The average molecular weight is 382 g/mol. The Hall–Kier alpha value is -3.65. The molecule has 8 nitrogen and oxygen atoms in total. The van der Waals surface area contributed by atoms with Gasteiger partial charge in [-0.25, -0.2) is 19.3 Å². The molecule has 0 aliphatic carbocycles. The zero-order valence-corrected chi connectivity index (χ0v) is 14.4. The molecule has 0 spiro atoms. The van der Waals surface area contributed by atoms with E-state index in [-0.39, 0.29) is 28.6 Å². The Morgan fingerprint density at radius 2 is 1.96 bits per heavy atom. The summed E-state index contributed by atoms with van der Waals surface area (Å²) in [5.41, 5.74) is 0.981. The predicted molar refractivity (Wildman–Crippen MR) is 101 cm³/mol. The van der Waals surface area contributed by atoms with Crippen LogP contribution in [0.1, 0.15) is 0 Å². The number of H-pyrrole nitrogens is 1. The second-order valence-electron chi connectivity index (χ2n) is 5.62. The summed E-state index contributed by atoms with van der Waals surface area (Å²) < 4.78 is 1.31. The normalized spacial score (nSPS) is 10.9. The number of anilines is 1. The second kappa shape index (κ2) is 6.58. The van der Waals surface area contributed by atoms with Crippen LogP contribution in [0.25, 0.3) is 28.2 Å². The molecule has 27 heavy (non-hydrogen) atoms. The Balaban J connectivity index is 2.06. The van der Waals surface area contributed by atoms with Crippen molar-refractivity contribution in [3.8, 4) is 22.8 Å². The van der Waals surface area contributed by atoms with E-state index in [9.17, 15) is 14.7 Å². The van der Waals surface area contributed by atoms with Crippen molar-refractivity contribution in [1.29, 1.82) is 0 Å². The molecule has 2 aromatic heterocycles. The molecular weight excluding hydrogens is 370 g/mol. The van der Waals surface area contributed by atoms with Crippen LogP contribution in [0.3, 0.4) is 0 Å². The van der Waals surface area contributed by atoms with Gasteiger partial charge in [-0.1, -0.05) is 35.9 Å². The molecule has 1 amide bonds. The lowest BCUT2D eigenvalue weighted by Gasteiger charge is -2.08. The Morgan fingerprint density at radius 3 is 2.70 bits per heavy atom. The van der Waals surface area contributed by atoms with E-state index in [2.05, 4.69) is 20.3 Å².